The van der Waals surface area contributed by atoms with Crippen LogP contribution in [0.3, 0.4) is 0 Å². The van der Waals surface area contributed by atoms with Gasteiger partial charge in [-0.25, -0.2) is 18.4 Å². The van der Waals surface area contributed by atoms with Gasteiger partial charge >= 0.3 is 0 Å². The van der Waals surface area contributed by atoms with E-state index in [1.54, 1.807) is 12.1 Å². The fourth-order valence-electron chi connectivity index (χ4n) is 3.45. The molecule has 1 saturated carbocycles. The number of ether oxygens (including phenoxy) is 1. The van der Waals surface area contributed by atoms with Gasteiger partial charge in [0.15, 0.2) is 0 Å². The number of rotatable bonds is 6. The number of anilines is 2. The Hall–Kier alpha value is -2.72. The smallest absolute Gasteiger partial charge is 0.232 e. The van der Waals surface area contributed by atoms with E-state index in [2.05, 4.69) is 16.9 Å². The molecule has 30 heavy (non-hydrogen) atoms. The van der Waals surface area contributed by atoms with E-state index < -0.39 is 10.0 Å². The van der Waals surface area contributed by atoms with Gasteiger partial charge in [0.05, 0.1) is 11.8 Å². The summed E-state index contributed by atoms with van der Waals surface area (Å²) in [6.45, 7) is 4.02. The average molecular weight is 432 g/mol. The molecule has 1 aliphatic carbocycles. The molecule has 10 heteroatoms. The van der Waals surface area contributed by atoms with E-state index in [0.717, 1.165) is 18.6 Å². The Balaban J connectivity index is 1.53. The second-order valence-corrected chi connectivity index (χ2v) is 10.1. The van der Waals surface area contributed by atoms with Crippen molar-refractivity contribution in [3.05, 3.63) is 41.9 Å². The number of nitrogens with two attached hydrogens (primary N) is 2. The zero-order valence-electron chi connectivity index (χ0n) is 17.2. The number of sulfonamides is 1. The maximum atomic E-state index is 11.7. The minimum absolute atomic E-state index is 0.0989. The number of nitrogens with zero attached hydrogens (tertiary/aromatic N) is 4. The van der Waals surface area contributed by atoms with Gasteiger partial charge in [0.25, 0.3) is 0 Å². The van der Waals surface area contributed by atoms with E-state index in [1.165, 1.54) is 16.9 Å². The van der Waals surface area contributed by atoms with Crippen LogP contribution in [0.5, 0.6) is 5.75 Å². The topological polar surface area (TPSA) is 127 Å². The first-order valence-electron chi connectivity index (χ1n) is 9.88. The number of nitrogen functional groups attached to an aromatic ring is 1. The molecule has 2 fully saturated rings. The Labute approximate surface area is 176 Å². The van der Waals surface area contributed by atoms with Crippen molar-refractivity contribution < 1.29 is 18.6 Å². The van der Waals surface area contributed by atoms with Crippen LogP contribution in [0.25, 0.3) is 0 Å². The van der Waals surface area contributed by atoms with Crippen LogP contribution in [0.4, 0.5) is 11.5 Å². The Kier molecular flexibility index (Phi) is 5.15. The first kappa shape index (κ1) is 20.5. The molecule has 1 aromatic heterocycles. The van der Waals surface area contributed by atoms with Crippen molar-refractivity contribution in [1.29, 1.82) is 0 Å². The summed E-state index contributed by atoms with van der Waals surface area (Å²) in [5.74, 6) is 1.43. The fraction of sp³-hybridized carbons (Fsp3) is 0.450. The Bertz CT molecular complexity index is 1080. The third kappa shape index (κ3) is 4.39. The normalized spacial score (nSPS) is 18.8. The van der Waals surface area contributed by atoms with E-state index >= 15 is 0 Å². The molecule has 2 aliphatic rings. The van der Waals surface area contributed by atoms with Crippen molar-refractivity contribution in [3.8, 4) is 5.75 Å². The third-order valence-corrected chi connectivity index (χ3v) is 6.90. The number of hydrogen-bond acceptors (Lipinski definition) is 7. The largest absolute Gasteiger partial charge is 0.488 e. The summed E-state index contributed by atoms with van der Waals surface area (Å²) in [5.41, 5.74) is 8.29. The van der Waals surface area contributed by atoms with Crippen LogP contribution in [0.15, 0.2) is 30.6 Å². The van der Waals surface area contributed by atoms with E-state index in [-0.39, 0.29) is 5.60 Å². The molecule has 9 nitrogen and oxygen atoms in total. The highest BCUT2D eigenvalue weighted by atomic mass is 32.2. The highest BCUT2D eigenvalue weighted by molar-refractivity contribution is 7.88. The molecule has 0 unspecified atom stereocenters. The molecule has 2 aromatic rings. The van der Waals surface area contributed by atoms with E-state index in [1.807, 2.05) is 17.0 Å². The Morgan fingerprint density at radius 1 is 1.17 bits per heavy atom. The van der Waals surface area contributed by atoms with Crippen LogP contribution in [0.1, 0.15) is 31.0 Å². The van der Waals surface area contributed by atoms with Gasteiger partial charge in [0.1, 0.15) is 29.2 Å². The number of piperazine rings is 1. The lowest BCUT2D eigenvalue weighted by atomic mass is 10.0. The maximum absolute atomic E-state index is 11.7. The van der Waals surface area contributed by atoms with Crippen molar-refractivity contribution in [2.45, 2.75) is 25.4 Å². The first-order valence-corrected chi connectivity index (χ1v) is 11.7. The molecule has 4 N–H and O–H groups in total. The second kappa shape index (κ2) is 7.51. The highest BCUT2D eigenvalue weighted by Crippen LogP contribution is 2.40. The molecular formula is C20H27N6O3S+. The quantitative estimate of drug-likeness (QED) is 0.473. The van der Waals surface area contributed by atoms with Gasteiger partial charge in [-0.2, -0.15) is 4.31 Å². The highest BCUT2D eigenvalue weighted by Gasteiger charge is 2.40. The standard InChI is InChI=1S/C20H26N6O3S/c1-20(5-6-20)29-14-3-4-16(21)15(11-14)19(22)17-12-18(24-13-23-17)25-7-9-26(10-8-25)30(2,27)28/h3-4,11-13,22H,5-10,21H2,1-2H3/p+1. The van der Waals surface area contributed by atoms with Gasteiger partial charge in [-0.1, -0.05) is 0 Å². The molecule has 4 rings (SSSR count). The minimum Gasteiger partial charge on any atom is -0.488 e. The van der Waals surface area contributed by atoms with Crippen LogP contribution in [0, 0.1) is 0 Å². The summed E-state index contributed by atoms with van der Waals surface area (Å²) in [7, 11) is -3.18. The summed E-state index contributed by atoms with van der Waals surface area (Å²) >= 11 is 0. The van der Waals surface area contributed by atoms with Gasteiger partial charge in [0, 0.05) is 37.9 Å². The van der Waals surface area contributed by atoms with Crippen LogP contribution in [-0.4, -0.2) is 66.4 Å². The van der Waals surface area contributed by atoms with Gasteiger partial charge in [0.2, 0.25) is 15.7 Å². The lowest BCUT2D eigenvalue weighted by molar-refractivity contribution is -0.111. The van der Waals surface area contributed by atoms with Gasteiger partial charge < -0.3 is 15.4 Å². The van der Waals surface area contributed by atoms with Crippen molar-refractivity contribution in [2.75, 3.05) is 43.1 Å². The van der Waals surface area contributed by atoms with Crippen LogP contribution in [0.2, 0.25) is 0 Å². The third-order valence-electron chi connectivity index (χ3n) is 5.59. The molecule has 2 heterocycles. The van der Waals surface area contributed by atoms with E-state index in [9.17, 15) is 8.42 Å². The van der Waals surface area contributed by atoms with Gasteiger partial charge in [-0.3, -0.25) is 5.41 Å². The predicted molar refractivity (Wildman–Crippen MR) is 115 cm³/mol. The summed E-state index contributed by atoms with van der Waals surface area (Å²) in [6, 6.07) is 7.29. The fourth-order valence-corrected chi connectivity index (χ4v) is 4.28. The molecule has 0 atom stereocenters. The van der Waals surface area contributed by atoms with Crippen molar-refractivity contribution >= 4 is 27.2 Å². The molecule has 0 radical (unpaired) electrons. The number of hydrogen-bond donors (Lipinski definition) is 2. The average Bonchev–Trinajstić information content (AvgIpc) is 3.45. The minimum atomic E-state index is -3.18. The Morgan fingerprint density at radius 2 is 1.87 bits per heavy atom. The van der Waals surface area contributed by atoms with Gasteiger partial charge in [-0.15, -0.1) is 0 Å². The van der Waals surface area contributed by atoms with Crippen molar-refractivity contribution in [3.63, 3.8) is 0 Å². The lowest BCUT2D eigenvalue weighted by Crippen LogP contribution is -2.48. The summed E-state index contributed by atoms with van der Waals surface area (Å²) in [4.78, 5) is 10.7. The summed E-state index contributed by atoms with van der Waals surface area (Å²) < 4.78 is 30.9. The Morgan fingerprint density at radius 3 is 2.50 bits per heavy atom. The first-order chi connectivity index (χ1) is 14.1. The van der Waals surface area contributed by atoms with Crippen molar-refractivity contribution in [2.24, 2.45) is 0 Å². The molecule has 0 amide bonds. The molecule has 1 saturated heterocycles. The molecule has 1 aliphatic heterocycles. The number of benzene rings is 1. The monoisotopic (exact) mass is 431 g/mol. The lowest BCUT2D eigenvalue weighted by Gasteiger charge is -2.33. The van der Waals surface area contributed by atoms with Gasteiger partial charge in [-0.05, 0) is 38.0 Å². The SMILES string of the molecule is CC1(Oc2ccc(N)c(C(=[NH2+])c3cc(N4CCN(S(C)(=O)=O)CC4)ncn3)c2)CC1. The van der Waals surface area contributed by atoms with Crippen LogP contribution in [-0.2, 0) is 10.0 Å². The van der Waals surface area contributed by atoms with Crippen LogP contribution >= 0.6 is 0 Å². The molecule has 160 valence electrons. The van der Waals surface area contributed by atoms with E-state index in [4.69, 9.17) is 15.9 Å². The molecule has 0 spiro atoms. The second-order valence-electron chi connectivity index (χ2n) is 8.13. The van der Waals surface area contributed by atoms with Crippen molar-refractivity contribution in [1.82, 2.24) is 14.3 Å². The summed E-state index contributed by atoms with van der Waals surface area (Å²) in [5, 5.41) is 6.43. The van der Waals surface area contributed by atoms with Crippen LogP contribution < -0.4 is 20.8 Å². The molecular weight excluding hydrogens is 404 g/mol. The zero-order valence-corrected chi connectivity index (χ0v) is 18.0. The molecule has 0 bridgehead atoms. The maximum Gasteiger partial charge on any atom is 0.232 e. The molecule has 1 aromatic carbocycles. The zero-order chi connectivity index (χ0) is 21.5. The summed E-state index contributed by atoms with van der Waals surface area (Å²) in [6.07, 6.45) is 4.76. The number of aromatic nitrogens is 2. The predicted octanol–water partition coefficient (Wildman–Crippen LogP) is -0.332. The van der Waals surface area contributed by atoms with E-state index in [0.29, 0.717) is 54.7 Å².